The highest BCUT2D eigenvalue weighted by atomic mass is 16.5. The Bertz CT molecular complexity index is 784. The average molecular weight is 341 g/mol. The molecule has 1 aliphatic heterocycles. The minimum Gasteiger partial charge on any atom is -0.493 e. The highest BCUT2D eigenvalue weighted by Gasteiger charge is 2.27. The van der Waals surface area contributed by atoms with E-state index in [-0.39, 0.29) is 0 Å². The quantitative estimate of drug-likeness (QED) is 0.844. The number of benzene rings is 1. The molecule has 132 valence electrons. The summed E-state index contributed by atoms with van der Waals surface area (Å²) in [6.45, 7) is 6.19. The number of nitriles is 1. The van der Waals surface area contributed by atoms with Gasteiger partial charge in [-0.15, -0.1) is 0 Å². The summed E-state index contributed by atoms with van der Waals surface area (Å²) in [5, 5.41) is 9.48. The topological polar surface area (TPSA) is 71.5 Å². The van der Waals surface area contributed by atoms with Gasteiger partial charge in [0.15, 0.2) is 11.5 Å². The Hall–Kier alpha value is -2.68. The Balaban J connectivity index is 1.97. The molecule has 0 amide bonds. The van der Waals surface area contributed by atoms with Gasteiger partial charge in [-0.3, -0.25) is 0 Å². The second-order valence-electron chi connectivity index (χ2n) is 6.71. The largest absolute Gasteiger partial charge is 0.493 e. The van der Waals surface area contributed by atoms with Crippen LogP contribution in [-0.4, -0.2) is 32.3 Å². The first kappa shape index (κ1) is 17.2. The van der Waals surface area contributed by atoms with E-state index in [0.29, 0.717) is 40.8 Å². The van der Waals surface area contributed by atoms with Gasteiger partial charge in [-0.1, -0.05) is 13.8 Å². The molecule has 1 fully saturated rings. The lowest BCUT2D eigenvalue weighted by Crippen LogP contribution is -2.38. The van der Waals surface area contributed by atoms with E-state index in [0.717, 1.165) is 18.7 Å². The van der Waals surface area contributed by atoms with Crippen LogP contribution in [-0.2, 0) is 0 Å². The summed E-state index contributed by atoms with van der Waals surface area (Å²) in [5.74, 6) is 3.33. The molecule has 0 unspecified atom stereocenters. The second kappa shape index (κ2) is 7.06. The third kappa shape index (κ3) is 3.41. The van der Waals surface area contributed by atoms with Gasteiger partial charge < -0.3 is 18.8 Å². The zero-order valence-corrected chi connectivity index (χ0v) is 15.1. The van der Waals surface area contributed by atoms with E-state index in [2.05, 4.69) is 29.8 Å². The van der Waals surface area contributed by atoms with Crippen molar-refractivity contribution >= 4 is 5.88 Å². The van der Waals surface area contributed by atoms with Crippen LogP contribution in [0.25, 0.3) is 11.5 Å². The molecule has 1 aliphatic rings. The highest BCUT2D eigenvalue weighted by molar-refractivity contribution is 5.63. The predicted molar refractivity (Wildman–Crippen MR) is 94.9 cm³/mol. The van der Waals surface area contributed by atoms with Crippen LogP contribution in [0.3, 0.4) is 0 Å². The zero-order valence-electron chi connectivity index (χ0n) is 15.1. The van der Waals surface area contributed by atoms with Gasteiger partial charge in [-0.05, 0) is 36.5 Å². The molecule has 0 bridgehead atoms. The lowest BCUT2D eigenvalue weighted by molar-refractivity contribution is 0.344. The third-order valence-electron chi connectivity index (χ3n) is 4.50. The second-order valence-corrected chi connectivity index (χ2v) is 6.71. The number of piperidine rings is 1. The lowest BCUT2D eigenvalue weighted by atomic mass is 9.92. The molecule has 1 saturated heterocycles. The van der Waals surface area contributed by atoms with Crippen molar-refractivity contribution in [2.24, 2.45) is 11.8 Å². The van der Waals surface area contributed by atoms with E-state index in [9.17, 15) is 5.26 Å². The third-order valence-corrected chi connectivity index (χ3v) is 4.50. The molecule has 6 heteroatoms. The smallest absolute Gasteiger partial charge is 0.235 e. The molecule has 2 aromatic rings. The van der Waals surface area contributed by atoms with Crippen LogP contribution in [0.5, 0.6) is 11.5 Å². The van der Waals surface area contributed by atoms with Gasteiger partial charge in [0, 0.05) is 18.7 Å². The summed E-state index contributed by atoms with van der Waals surface area (Å²) in [4.78, 5) is 6.52. The first-order valence-corrected chi connectivity index (χ1v) is 8.44. The zero-order chi connectivity index (χ0) is 18.0. The van der Waals surface area contributed by atoms with Crippen molar-refractivity contribution in [3.8, 4) is 29.0 Å². The van der Waals surface area contributed by atoms with Crippen molar-refractivity contribution < 1.29 is 13.9 Å². The van der Waals surface area contributed by atoms with Gasteiger partial charge in [0.25, 0.3) is 0 Å². The molecule has 1 aromatic heterocycles. The molecule has 1 aromatic carbocycles. The number of anilines is 1. The molecule has 0 saturated carbocycles. The van der Waals surface area contributed by atoms with Crippen LogP contribution < -0.4 is 14.4 Å². The van der Waals surface area contributed by atoms with Gasteiger partial charge >= 0.3 is 0 Å². The van der Waals surface area contributed by atoms with E-state index in [1.807, 2.05) is 6.07 Å². The minimum absolute atomic E-state index is 0.325. The standard InChI is InChI=1S/C19H23N3O3/c1-12-7-13(2)11-22(10-12)19-15(9-20)21-18(25-19)14-5-6-16(23-3)17(8-14)24-4/h5-6,8,12-13H,7,10-11H2,1-4H3/t12-,13-/m1/s1. The Morgan fingerprint density at radius 2 is 1.84 bits per heavy atom. The molecule has 6 nitrogen and oxygen atoms in total. The molecular weight excluding hydrogens is 318 g/mol. The summed E-state index contributed by atoms with van der Waals surface area (Å²) in [6.07, 6.45) is 1.19. The van der Waals surface area contributed by atoms with E-state index in [1.165, 1.54) is 6.42 Å². The van der Waals surface area contributed by atoms with Crippen LogP contribution in [0, 0.1) is 23.2 Å². The van der Waals surface area contributed by atoms with E-state index < -0.39 is 0 Å². The molecule has 0 N–H and O–H groups in total. The van der Waals surface area contributed by atoms with Crippen molar-refractivity contribution in [2.75, 3.05) is 32.2 Å². The fraction of sp³-hybridized carbons (Fsp3) is 0.474. The molecule has 2 heterocycles. The Kier molecular flexibility index (Phi) is 4.84. The van der Waals surface area contributed by atoms with E-state index in [4.69, 9.17) is 13.9 Å². The number of oxazole rings is 1. The number of aromatic nitrogens is 1. The van der Waals surface area contributed by atoms with Crippen LogP contribution in [0.15, 0.2) is 22.6 Å². The number of hydrogen-bond donors (Lipinski definition) is 0. The summed E-state index contributed by atoms with van der Waals surface area (Å²) in [5.41, 5.74) is 1.07. The summed E-state index contributed by atoms with van der Waals surface area (Å²) >= 11 is 0. The summed E-state index contributed by atoms with van der Waals surface area (Å²) in [7, 11) is 3.17. The maximum atomic E-state index is 9.48. The van der Waals surface area contributed by atoms with Crippen molar-refractivity contribution in [1.29, 1.82) is 5.26 Å². The first-order valence-electron chi connectivity index (χ1n) is 8.44. The molecule has 0 spiro atoms. The maximum Gasteiger partial charge on any atom is 0.235 e. The van der Waals surface area contributed by atoms with Crippen molar-refractivity contribution in [3.63, 3.8) is 0 Å². The van der Waals surface area contributed by atoms with Gasteiger partial charge in [-0.2, -0.15) is 10.2 Å². The molecule has 0 radical (unpaired) electrons. The molecular formula is C19H23N3O3. The Morgan fingerprint density at radius 3 is 2.44 bits per heavy atom. The van der Waals surface area contributed by atoms with Crippen molar-refractivity contribution in [2.45, 2.75) is 20.3 Å². The van der Waals surface area contributed by atoms with Gasteiger partial charge in [-0.25, -0.2) is 0 Å². The predicted octanol–water partition coefficient (Wildman–Crippen LogP) is 3.71. The molecule has 2 atom stereocenters. The van der Waals surface area contributed by atoms with E-state index >= 15 is 0 Å². The highest BCUT2D eigenvalue weighted by Crippen LogP contribution is 2.36. The SMILES string of the molecule is COc1ccc(-c2nc(C#N)c(N3C[C@H](C)C[C@@H](C)C3)o2)cc1OC. The van der Waals surface area contributed by atoms with Crippen molar-refractivity contribution in [1.82, 2.24) is 4.98 Å². The first-order chi connectivity index (χ1) is 12.0. The monoisotopic (exact) mass is 341 g/mol. The normalized spacial score (nSPS) is 20.2. The van der Waals surface area contributed by atoms with Crippen molar-refractivity contribution in [3.05, 3.63) is 23.9 Å². The molecule has 3 rings (SSSR count). The van der Waals surface area contributed by atoms with E-state index in [1.54, 1.807) is 26.4 Å². The number of hydrogen-bond acceptors (Lipinski definition) is 6. The maximum absolute atomic E-state index is 9.48. The summed E-state index contributed by atoms with van der Waals surface area (Å²) in [6, 6.07) is 7.61. The van der Waals surface area contributed by atoms with Crippen LogP contribution in [0.1, 0.15) is 26.0 Å². The Labute approximate surface area is 148 Å². The number of ether oxygens (including phenoxy) is 2. The minimum atomic E-state index is 0.325. The number of methoxy groups -OCH3 is 2. The fourth-order valence-corrected chi connectivity index (χ4v) is 3.52. The van der Waals surface area contributed by atoms with Crippen LogP contribution >= 0.6 is 0 Å². The molecule has 0 aliphatic carbocycles. The number of rotatable bonds is 4. The van der Waals surface area contributed by atoms with Gasteiger partial charge in [0.1, 0.15) is 6.07 Å². The van der Waals surface area contributed by atoms with Crippen LogP contribution in [0.4, 0.5) is 5.88 Å². The van der Waals surface area contributed by atoms with Gasteiger partial charge in [0.2, 0.25) is 17.5 Å². The Morgan fingerprint density at radius 1 is 1.16 bits per heavy atom. The fourth-order valence-electron chi connectivity index (χ4n) is 3.52. The van der Waals surface area contributed by atoms with Gasteiger partial charge in [0.05, 0.1) is 14.2 Å². The summed E-state index contributed by atoms with van der Waals surface area (Å²) < 4.78 is 16.6. The van der Waals surface area contributed by atoms with Crippen LogP contribution in [0.2, 0.25) is 0 Å². The number of nitrogens with zero attached hydrogens (tertiary/aromatic N) is 3. The lowest BCUT2D eigenvalue weighted by Gasteiger charge is -2.34. The molecule has 25 heavy (non-hydrogen) atoms. The average Bonchev–Trinajstić information content (AvgIpc) is 3.04.